The Kier molecular flexibility index (Phi) is 2.75. The smallest absolute Gasteiger partial charge is 0.106 e. The quantitative estimate of drug-likeness (QED) is 0.726. The second kappa shape index (κ2) is 3.78. The van der Waals surface area contributed by atoms with E-state index in [4.69, 9.17) is 9.94 Å². The molecule has 0 amide bonds. The van der Waals surface area contributed by atoms with Gasteiger partial charge in [0.2, 0.25) is 0 Å². The number of rotatable bonds is 3. The lowest BCUT2D eigenvalue weighted by Gasteiger charge is -2.58. The molecule has 0 aromatic heterocycles. The van der Waals surface area contributed by atoms with E-state index in [1.807, 2.05) is 0 Å². The minimum absolute atomic E-state index is 0.257. The molecule has 3 aliphatic rings. The molecule has 3 atom stereocenters. The van der Waals surface area contributed by atoms with E-state index >= 15 is 0 Å². The van der Waals surface area contributed by atoms with Crippen molar-refractivity contribution in [1.82, 2.24) is 0 Å². The van der Waals surface area contributed by atoms with Crippen LogP contribution in [-0.4, -0.2) is 24.5 Å². The zero-order valence-electron chi connectivity index (χ0n) is 9.86. The van der Waals surface area contributed by atoms with Gasteiger partial charge in [0.1, 0.15) is 7.11 Å². The topological polar surface area (TPSA) is 41.8 Å². The van der Waals surface area contributed by atoms with Gasteiger partial charge in [-0.2, -0.15) is 0 Å². The van der Waals surface area contributed by atoms with Crippen molar-refractivity contribution in [3.63, 3.8) is 0 Å². The molecule has 1 N–H and O–H groups in total. The lowest BCUT2D eigenvalue weighted by molar-refractivity contribution is -0.0200. The molecular formula is C12H21NO2. The van der Waals surface area contributed by atoms with Gasteiger partial charge in [-0.15, -0.1) is 0 Å². The Morgan fingerprint density at radius 3 is 2.73 bits per heavy atom. The third kappa shape index (κ3) is 1.57. The van der Waals surface area contributed by atoms with Gasteiger partial charge in [0, 0.05) is 18.4 Å². The highest BCUT2D eigenvalue weighted by molar-refractivity contribution is 5.91. The SMILES string of the molecule is CO/N=C1\[C@@H](CCO)C[C@@H]2C[C@H]1C2(C)C. The van der Waals surface area contributed by atoms with Crippen LogP contribution in [-0.2, 0) is 4.84 Å². The van der Waals surface area contributed by atoms with Crippen molar-refractivity contribution in [3.05, 3.63) is 0 Å². The summed E-state index contributed by atoms with van der Waals surface area (Å²) in [6.07, 6.45) is 3.27. The zero-order chi connectivity index (χ0) is 11.1. The second-order valence-electron chi connectivity index (χ2n) is 5.45. The van der Waals surface area contributed by atoms with Crippen LogP contribution < -0.4 is 0 Å². The van der Waals surface area contributed by atoms with Crippen molar-refractivity contribution in [3.8, 4) is 0 Å². The Morgan fingerprint density at radius 2 is 2.20 bits per heavy atom. The summed E-state index contributed by atoms with van der Waals surface area (Å²) in [7, 11) is 1.61. The fourth-order valence-corrected chi connectivity index (χ4v) is 3.33. The fourth-order valence-electron chi connectivity index (χ4n) is 3.33. The Bertz CT molecular complexity index is 273. The Balaban J connectivity index is 2.16. The molecule has 0 unspecified atom stereocenters. The van der Waals surface area contributed by atoms with E-state index in [1.165, 1.54) is 18.6 Å². The van der Waals surface area contributed by atoms with E-state index in [0.29, 0.717) is 17.3 Å². The summed E-state index contributed by atoms with van der Waals surface area (Å²) in [5.41, 5.74) is 1.59. The molecule has 3 heteroatoms. The normalized spacial score (nSPS) is 40.0. The number of oxime groups is 1. The van der Waals surface area contributed by atoms with E-state index in [2.05, 4.69) is 19.0 Å². The predicted molar refractivity (Wildman–Crippen MR) is 59.6 cm³/mol. The molecule has 0 spiro atoms. The Morgan fingerprint density at radius 1 is 1.47 bits per heavy atom. The van der Waals surface area contributed by atoms with Gasteiger partial charge in [-0.1, -0.05) is 19.0 Å². The van der Waals surface area contributed by atoms with Crippen LogP contribution in [0.25, 0.3) is 0 Å². The van der Waals surface area contributed by atoms with Crippen LogP contribution in [0.15, 0.2) is 5.16 Å². The highest BCUT2D eigenvalue weighted by Gasteiger charge is 2.56. The molecule has 0 heterocycles. The van der Waals surface area contributed by atoms with Crippen LogP contribution >= 0.6 is 0 Å². The summed E-state index contributed by atoms with van der Waals surface area (Å²) in [6, 6.07) is 0. The van der Waals surface area contributed by atoms with Crippen LogP contribution in [0, 0.1) is 23.2 Å². The van der Waals surface area contributed by atoms with Crippen molar-refractivity contribution >= 4 is 5.71 Å². The number of hydrogen-bond acceptors (Lipinski definition) is 3. The third-order valence-corrected chi connectivity index (χ3v) is 4.49. The van der Waals surface area contributed by atoms with Gasteiger partial charge in [-0.25, -0.2) is 0 Å². The second-order valence-corrected chi connectivity index (χ2v) is 5.45. The molecule has 15 heavy (non-hydrogen) atoms. The summed E-state index contributed by atoms with van der Waals surface area (Å²) in [5.74, 6) is 1.84. The van der Waals surface area contributed by atoms with Crippen LogP contribution in [0.2, 0.25) is 0 Å². The van der Waals surface area contributed by atoms with Gasteiger partial charge in [0.15, 0.2) is 0 Å². The summed E-state index contributed by atoms with van der Waals surface area (Å²) < 4.78 is 0. The first-order valence-corrected chi connectivity index (χ1v) is 5.83. The molecular weight excluding hydrogens is 190 g/mol. The average Bonchev–Trinajstić information content (AvgIpc) is 2.20. The van der Waals surface area contributed by atoms with Crippen molar-refractivity contribution < 1.29 is 9.94 Å². The summed E-state index contributed by atoms with van der Waals surface area (Å²) in [6.45, 7) is 4.91. The van der Waals surface area contributed by atoms with Crippen molar-refractivity contribution in [2.75, 3.05) is 13.7 Å². The molecule has 0 aromatic rings. The molecule has 0 aromatic carbocycles. The van der Waals surface area contributed by atoms with Gasteiger partial charge in [0.25, 0.3) is 0 Å². The molecule has 3 fully saturated rings. The molecule has 0 saturated heterocycles. The highest BCUT2D eigenvalue weighted by Crippen LogP contribution is 2.59. The van der Waals surface area contributed by atoms with E-state index in [-0.39, 0.29) is 6.61 Å². The van der Waals surface area contributed by atoms with Gasteiger partial charge < -0.3 is 9.94 Å². The molecule has 0 radical (unpaired) electrons. The molecule has 0 aliphatic heterocycles. The number of aliphatic hydroxyl groups excluding tert-OH is 1. The van der Waals surface area contributed by atoms with E-state index in [1.54, 1.807) is 7.11 Å². The minimum atomic E-state index is 0.257. The first-order valence-electron chi connectivity index (χ1n) is 5.83. The van der Waals surface area contributed by atoms with E-state index in [0.717, 1.165) is 12.3 Å². The maximum Gasteiger partial charge on any atom is 0.106 e. The predicted octanol–water partition coefficient (Wildman–Crippen LogP) is 2.05. The highest BCUT2D eigenvalue weighted by atomic mass is 16.6. The van der Waals surface area contributed by atoms with Crippen molar-refractivity contribution in [2.24, 2.45) is 28.3 Å². The molecule has 2 bridgehead atoms. The van der Waals surface area contributed by atoms with E-state index < -0.39 is 0 Å². The molecule has 3 nitrogen and oxygen atoms in total. The van der Waals surface area contributed by atoms with Crippen LogP contribution in [0.3, 0.4) is 0 Å². The van der Waals surface area contributed by atoms with Crippen LogP contribution in [0.1, 0.15) is 33.1 Å². The largest absolute Gasteiger partial charge is 0.399 e. The molecule has 86 valence electrons. The van der Waals surface area contributed by atoms with Gasteiger partial charge in [-0.3, -0.25) is 0 Å². The van der Waals surface area contributed by atoms with Crippen LogP contribution in [0.4, 0.5) is 0 Å². The number of aliphatic hydroxyl groups is 1. The Hall–Kier alpha value is -0.570. The standard InChI is InChI=1S/C12H21NO2/c1-12(2)9-6-8(4-5-14)11(13-15-3)10(12)7-9/h8-10,14H,4-7H2,1-3H3/b13-11+/t8-,9+,10+/m0/s1. The first kappa shape index (κ1) is 10.9. The summed E-state index contributed by atoms with van der Waals surface area (Å²) in [4.78, 5) is 4.95. The van der Waals surface area contributed by atoms with Gasteiger partial charge >= 0.3 is 0 Å². The van der Waals surface area contributed by atoms with Crippen molar-refractivity contribution in [1.29, 1.82) is 0 Å². The van der Waals surface area contributed by atoms with Crippen molar-refractivity contribution in [2.45, 2.75) is 33.1 Å². The van der Waals surface area contributed by atoms with Gasteiger partial charge in [-0.05, 0) is 30.6 Å². The maximum absolute atomic E-state index is 9.04. The van der Waals surface area contributed by atoms with Crippen LogP contribution in [0.5, 0.6) is 0 Å². The summed E-state index contributed by atoms with van der Waals surface area (Å²) in [5, 5.41) is 13.2. The monoisotopic (exact) mass is 211 g/mol. The molecule has 3 saturated carbocycles. The molecule has 3 rings (SSSR count). The average molecular weight is 211 g/mol. The molecule has 3 aliphatic carbocycles. The third-order valence-electron chi connectivity index (χ3n) is 4.49. The number of hydrogen-bond donors (Lipinski definition) is 1. The Labute approximate surface area is 91.5 Å². The zero-order valence-corrected chi connectivity index (χ0v) is 9.86. The number of nitrogens with zero attached hydrogens (tertiary/aromatic N) is 1. The minimum Gasteiger partial charge on any atom is -0.399 e. The maximum atomic E-state index is 9.04. The number of fused-ring (bicyclic) bond motifs is 2. The lowest BCUT2D eigenvalue weighted by atomic mass is 9.46. The summed E-state index contributed by atoms with van der Waals surface area (Å²) >= 11 is 0. The first-order chi connectivity index (χ1) is 7.11. The fraction of sp³-hybridized carbons (Fsp3) is 0.917. The lowest BCUT2D eigenvalue weighted by Crippen LogP contribution is -2.56. The van der Waals surface area contributed by atoms with Gasteiger partial charge in [0.05, 0.1) is 5.71 Å². The van der Waals surface area contributed by atoms with E-state index in [9.17, 15) is 0 Å².